The SMILES string of the molecule is Cc1ccc(C(=O)NC[C@H](NC(=O)c2cc3ccccc3[nH]2)C(=O)N[C@@H](CC(C)C)B2O[C@@H]3C[C@H]4C[C@H](C4(C)C)[C@]3(C)O2)cc1. The van der Waals surface area contributed by atoms with Crippen molar-refractivity contribution < 1.29 is 23.7 Å². The van der Waals surface area contributed by atoms with Crippen molar-refractivity contribution in [3.63, 3.8) is 0 Å². The summed E-state index contributed by atoms with van der Waals surface area (Å²) >= 11 is 0. The highest BCUT2D eigenvalue weighted by molar-refractivity contribution is 6.48. The van der Waals surface area contributed by atoms with Crippen LogP contribution < -0.4 is 16.0 Å². The molecule has 1 aliphatic heterocycles. The maximum Gasteiger partial charge on any atom is 0.481 e. The number of nitrogens with one attached hydrogen (secondary N) is 4. The van der Waals surface area contributed by atoms with E-state index in [1.165, 1.54) is 0 Å². The molecular weight excluding hydrogens is 567 g/mol. The average molecular weight is 613 g/mol. The van der Waals surface area contributed by atoms with Gasteiger partial charge in [-0.3, -0.25) is 14.4 Å². The molecule has 4 fully saturated rings. The Hall–Kier alpha value is -3.63. The highest BCUT2D eigenvalue weighted by Gasteiger charge is 2.68. The summed E-state index contributed by atoms with van der Waals surface area (Å²) in [6.07, 6.45) is 2.71. The number of carbonyl (C=O) groups is 3. The molecular formula is C35H45BN4O5. The number of amides is 3. The lowest BCUT2D eigenvalue weighted by atomic mass is 9.43. The highest BCUT2D eigenvalue weighted by Crippen LogP contribution is 2.65. The normalized spacial score (nSPS) is 26.1. The molecule has 4 aliphatic rings. The summed E-state index contributed by atoms with van der Waals surface area (Å²) < 4.78 is 13.3. The molecule has 10 heteroatoms. The van der Waals surface area contributed by atoms with Crippen molar-refractivity contribution >= 4 is 35.7 Å². The predicted octanol–water partition coefficient (Wildman–Crippen LogP) is 4.80. The van der Waals surface area contributed by atoms with E-state index in [-0.39, 0.29) is 29.9 Å². The Morgan fingerprint density at radius 3 is 2.42 bits per heavy atom. The lowest BCUT2D eigenvalue weighted by Crippen LogP contribution is -2.65. The number of aryl methyl sites for hydroxylation is 1. The number of carbonyl (C=O) groups excluding carboxylic acids is 3. The van der Waals surface area contributed by atoms with E-state index in [4.69, 9.17) is 9.31 Å². The van der Waals surface area contributed by atoms with Crippen LogP contribution in [0.5, 0.6) is 0 Å². The van der Waals surface area contributed by atoms with Crippen LogP contribution in [0, 0.1) is 30.1 Å². The van der Waals surface area contributed by atoms with Crippen molar-refractivity contribution in [1.82, 2.24) is 20.9 Å². The number of benzene rings is 2. The summed E-state index contributed by atoms with van der Waals surface area (Å²) in [6.45, 7) is 12.9. The van der Waals surface area contributed by atoms with Gasteiger partial charge in [-0.15, -0.1) is 0 Å². The second kappa shape index (κ2) is 12.0. The molecule has 0 radical (unpaired) electrons. The molecule has 7 rings (SSSR count). The molecule has 3 amide bonds. The number of aromatic amines is 1. The molecule has 9 nitrogen and oxygen atoms in total. The van der Waals surface area contributed by atoms with Gasteiger partial charge in [0.15, 0.2) is 0 Å². The smallest absolute Gasteiger partial charge is 0.404 e. The van der Waals surface area contributed by atoms with Crippen LogP contribution in [0.15, 0.2) is 54.6 Å². The van der Waals surface area contributed by atoms with Crippen LogP contribution in [0.1, 0.15) is 80.3 Å². The molecule has 0 unspecified atom stereocenters. The molecule has 6 atom stereocenters. The van der Waals surface area contributed by atoms with Crippen molar-refractivity contribution in [2.45, 2.75) is 84.5 Å². The first-order valence-corrected chi connectivity index (χ1v) is 16.2. The highest BCUT2D eigenvalue weighted by atomic mass is 16.7. The van der Waals surface area contributed by atoms with E-state index in [9.17, 15) is 14.4 Å². The number of para-hydroxylation sites is 1. The van der Waals surface area contributed by atoms with Crippen molar-refractivity contribution in [3.05, 3.63) is 71.4 Å². The molecule has 238 valence electrons. The minimum absolute atomic E-state index is 0.0165. The van der Waals surface area contributed by atoms with Gasteiger partial charge in [0.1, 0.15) is 11.7 Å². The van der Waals surface area contributed by atoms with E-state index in [2.05, 4.69) is 55.6 Å². The topological polar surface area (TPSA) is 122 Å². The summed E-state index contributed by atoms with van der Waals surface area (Å²) in [5.41, 5.74) is 2.46. The number of fused-ring (bicyclic) bond motifs is 1. The first-order chi connectivity index (χ1) is 21.3. The van der Waals surface area contributed by atoms with E-state index >= 15 is 0 Å². The second-order valence-electron chi connectivity index (χ2n) is 14.5. The van der Waals surface area contributed by atoms with Gasteiger partial charge >= 0.3 is 7.12 Å². The number of hydrogen-bond donors (Lipinski definition) is 4. The van der Waals surface area contributed by atoms with Gasteiger partial charge in [0.25, 0.3) is 11.8 Å². The van der Waals surface area contributed by atoms with Gasteiger partial charge in [-0.1, -0.05) is 63.6 Å². The molecule has 1 aromatic heterocycles. The molecule has 1 saturated heterocycles. The van der Waals surface area contributed by atoms with E-state index in [0.29, 0.717) is 29.5 Å². The monoisotopic (exact) mass is 612 g/mol. The molecule has 3 aliphatic carbocycles. The Bertz CT molecular complexity index is 1550. The fourth-order valence-corrected chi connectivity index (χ4v) is 7.74. The van der Waals surface area contributed by atoms with Gasteiger partial charge < -0.3 is 30.2 Å². The minimum atomic E-state index is -1.04. The zero-order valence-electron chi connectivity index (χ0n) is 27.1. The summed E-state index contributed by atoms with van der Waals surface area (Å²) in [7, 11) is -0.603. The van der Waals surface area contributed by atoms with Crippen LogP contribution in [0.3, 0.4) is 0 Å². The van der Waals surface area contributed by atoms with Crippen LogP contribution >= 0.6 is 0 Å². The lowest BCUT2D eigenvalue weighted by Gasteiger charge is -2.64. The largest absolute Gasteiger partial charge is 0.481 e. The van der Waals surface area contributed by atoms with Gasteiger partial charge in [-0.05, 0) is 80.5 Å². The average Bonchev–Trinajstić information content (AvgIpc) is 3.59. The van der Waals surface area contributed by atoms with Gasteiger partial charge in [0.2, 0.25) is 5.91 Å². The molecule has 3 aromatic rings. The zero-order chi connectivity index (χ0) is 32.1. The van der Waals surface area contributed by atoms with E-state index in [1.807, 2.05) is 43.3 Å². The Morgan fingerprint density at radius 2 is 1.73 bits per heavy atom. The van der Waals surface area contributed by atoms with Crippen LogP contribution in [0.2, 0.25) is 0 Å². The summed E-state index contributed by atoms with van der Waals surface area (Å²) in [5, 5.41) is 9.75. The van der Waals surface area contributed by atoms with E-state index in [0.717, 1.165) is 29.3 Å². The maximum absolute atomic E-state index is 14.0. The molecule has 4 N–H and O–H groups in total. The fraction of sp³-hybridized carbons (Fsp3) is 0.514. The second-order valence-corrected chi connectivity index (χ2v) is 14.5. The summed E-state index contributed by atoms with van der Waals surface area (Å²) in [5.74, 6) is -0.343. The summed E-state index contributed by atoms with van der Waals surface area (Å²) in [4.78, 5) is 43.5. The third-order valence-electron chi connectivity index (χ3n) is 10.5. The molecule has 2 bridgehead atoms. The third-order valence-corrected chi connectivity index (χ3v) is 10.5. The Kier molecular flexibility index (Phi) is 8.33. The number of hydrogen-bond acceptors (Lipinski definition) is 5. The molecule has 2 heterocycles. The maximum atomic E-state index is 14.0. The fourth-order valence-electron chi connectivity index (χ4n) is 7.74. The standard InChI is InChI=1S/C35H45BN4O5/c1-20(2)15-30(36-44-29-18-24-17-28(34(24,4)5)35(29,6)45-36)40-33(43)27(19-37-31(41)22-13-11-21(3)12-14-22)39-32(42)26-16-23-9-7-8-10-25(23)38-26/h7-14,16,20,24,27-30,38H,15,17-19H2,1-6H3,(H,37,41)(H,39,42)(H,40,43)/t24-,27+,28-,29-,30+,35+/m1/s1. The van der Waals surface area contributed by atoms with Crippen LogP contribution in [0.25, 0.3) is 10.9 Å². The molecule has 3 saturated carbocycles. The van der Waals surface area contributed by atoms with Crippen LogP contribution in [0.4, 0.5) is 0 Å². The van der Waals surface area contributed by atoms with Crippen LogP contribution in [-0.2, 0) is 14.1 Å². The number of rotatable bonds is 10. The van der Waals surface area contributed by atoms with Crippen molar-refractivity contribution in [1.29, 1.82) is 0 Å². The Labute approximate surface area is 265 Å². The van der Waals surface area contributed by atoms with Gasteiger partial charge in [0, 0.05) is 23.0 Å². The first-order valence-electron chi connectivity index (χ1n) is 16.2. The quantitative estimate of drug-likeness (QED) is 0.245. The minimum Gasteiger partial charge on any atom is -0.404 e. The van der Waals surface area contributed by atoms with Gasteiger partial charge in [-0.25, -0.2) is 0 Å². The lowest BCUT2D eigenvalue weighted by molar-refractivity contribution is -0.199. The number of aromatic nitrogens is 1. The number of H-pyrrole nitrogens is 1. The zero-order valence-corrected chi connectivity index (χ0v) is 27.1. The predicted molar refractivity (Wildman–Crippen MR) is 175 cm³/mol. The Morgan fingerprint density at radius 1 is 1.00 bits per heavy atom. The van der Waals surface area contributed by atoms with Gasteiger partial charge in [0.05, 0.1) is 17.6 Å². The van der Waals surface area contributed by atoms with Crippen molar-refractivity contribution in [2.24, 2.45) is 23.2 Å². The van der Waals surface area contributed by atoms with Crippen LogP contribution in [-0.4, -0.2) is 60.1 Å². The Balaban J connectivity index is 1.20. The van der Waals surface area contributed by atoms with E-state index in [1.54, 1.807) is 18.2 Å². The summed E-state index contributed by atoms with van der Waals surface area (Å²) in [6, 6.07) is 15.5. The molecule has 2 aromatic carbocycles. The first kappa shape index (κ1) is 31.4. The van der Waals surface area contributed by atoms with E-state index < -0.39 is 36.5 Å². The molecule has 0 spiro atoms. The van der Waals surface area contributed by atoms with Crippen molar-refractivity contribution in [3.8, 4) is 0 Å². The third kappa shape index (κ3) is 6.02. The van der Waals surface area contributed by atoms with Gasteiger partial charge in [-0.2, -0.15) is 0 Å². The van der Waals surface area contributed by atoms with Crippen molar-refractivity contribution in [2.75, 3.05) is 6.54 Å². The molecule has 45 heavy (non-hydrogen) atoms.